The van der Waals surface area contributed by atoms with Gasteiger partial charge in [-0.05, 0) is 85.7 Å². The Morgan fingerprint density at radius 2 is 1.91 bits per heavy atom. The molecule has 1 N–H and O–H groups in total. The molecule has 0 bridgehead atoms. The van der Waals surface area contributed by atoms with E-state index in [0.29, 0.717) is 28.5 Å². The molecule has 1 aliphatic carbocycles. The minimum absolute atomic E-state index is 0.205. The number of carbonyl (C=O) groups is 1. The van der Waals surface area contributed by atoms with E-state index in [0.717, 1.165) is 36.0 Å². The van der Waals surface area contributed by atoms with E-state index in [1.165, 1.54) is 37.9 Å². The summed E-state index contributed by atoms with van der Waals surface area (Å²) >= 11 is 5.90. The van der Waals surface area contributed by atoms with Gasteiger partial charge in [0.15, 0.2) is 5.69 Å². The third kappa shape index (κ3) is 8.63. The molecular weight excluding hydrogens is 603 g/mol. The fourth-order valence-corrected chi connectivity index (χ4v) is 4.81. The van der Waals surface area contributed by atoms with Crippen molar-refractivity contribution >= 4 is 23.1 Å². The zero-order chi connectivity index (χ0) is 32.6. The number of hydrogen-bond donors (Lipinski definition) is 1. The van der Waals surface area contributed by atoms with Crippen molar-refractivity contribution in [2.45, 2.75) is 58.2 Å². The predicted molar refractivity (Wildman–Crippen MR) is 158 cm³/mol. The third-order valence-corrected chi connectivity index (χ3v) is 7.21. The van der Waals surface area contributed by atoms with Crippen molar-refractivity contribution in [1.82, 2.24) is 14.9 Å². The summed E-state index contributed by atoms with van der Waals surface area (Å²) in [5, 5.41) is 11.8. The molecule has 2 aromatic carbocycles. The van der Waals surface area contributed by atoms with Crippen molar-refractivity contribution in [3.8, 4) is 6.07 Å². The first kappa shape index (κ1) is 34.2. The van der Waals surface area contributed by atoms with Crippen LogP contribution in [0.4, 0.5) is 22.0 Å². The molecule has 6 nitrogen and oxygen atoms in total. The van der Waals surface area contributed by atoms with Gasteiger partial charge in [-0.3, -0.25) is 14.2 Å². The van der Waals surface area contributed by atoms with E-state index < -0.39 is 40.5 Å². The highest BCUT2D eigenvalue weighted by Crippen LogP contribution is 2.37. The molecule has 1 aromatic heterocycles. The molecule has 0 saturated heterocycles. The number of carbonyl (C=O) groups excluding carboxylic acids is 1. The van der Waals surface area contributed by atoms with Crippen LogP contribution >= 0.6 is 11.6 Å². The number of nitrogens with one attached hydrogen (secondary N) is 1. The van der Waals surface area contributed by atoms with Crippen LogP contribution in [0, 0.1) is 29.9 Å². The zero-order valence-electron chi connectivity index (χ0n) is 24.2. The van der Waals surface area contributed by atoms with E-state index in [1.54, 1.807) is 19.1 Å². The van der Waals surface area contributed by atoms with E-state index in [9.17, 15) is 31.5 Å². The number of likely N-dealkylation sites (N-methyl/N-ethyl adjacent to an activating group) is 1. The van der Waals surface area contributed by atoms with E-state index in [4.69, 9.17) is 16.9 Å². The number of aromatic nitrogens is 2. The summed E-state index contributed by atoms with van der Waals surface area (Å²) in [4.78, 5) is 28.1. The number of nitrogens with zero attached hydrogens (tertiary/aromatic N) is 3. The van der Waals surface area contributed by atoms with Gasteiger partial charge in [-0.1, -0.05) is 31.0 Å². The fraction of sp³-hybridized carbons (Fsp3) is 0.312. The van der Waals surface area contributed by atoms with Gasteiger partial charge in [0, 0.05) is 28.8 Å². The molecule has 1 heterocycles. The van der Waals surface area contributed by atoms with E-state index >= 15 is 0 Å². The molecule has 44 heavy (non-hydrogen) atoms. The molecule has 12 heteroatoms. The number of halogens is 6. The number of benzene rings is 2. The fourth-order valence-electron chi connectivity index (χ4n) is 4.56. The number of rotatable bonds is 7. The summed E-state index contributed by atoms with van der Waals surface area (Å²) in [6.45, 7) is 2.55. The Kier molecular flexibility index (Phi) is 11.6. The lowest BCUT2D eigenvalue weighted by atomic mass is 9.80. The number of hydrogen-bond acceptors (Lipinski definition) is 4. The smallest absolute Gasteiger partial charge is 0.355 e. The second-order valence-electron chi connectivity index (χ2n) is 10.1. The standard InChI is InChI=1S/C21H20F5N3O2.C11H10ClN/c1-4-5-13(10-29-11-28-18(21(24,25)26)12(2)20(29)31)8-16(19(30)27-3)15-9-14(22)6-7-17(15)23;12-11-5-8(7-13)4-10(6-11)9-2-1-3-9/h5-9,11H,4,10H2,1-3H3,(H,27,30);4-6,9H,1-3H2/b13-5-,16-8-;. The monoisotopic (exact) mass is 632 g/mol. The number of nitriles is 1. The second-order valence-corrected chi connectivity index (χ2v) is 10.5. The Morgan fingerprint density at radius 1 is 1.20 bits per heavy atom. The van der Waals surface area contributed by atoms with Crippen LogP contribution < -0.4 is 10.9 Å². The van der Waals surface area contributed by atoms with E-state index in [1.807, 2.05) is 12.1 Å². The van der Waals surface area contributed by atoms with Crippen LogP contribution in [-0.4, -0.2) is 22.5 Å². The van der Waals surface area contributed by atoms with Crippen molar-refractivity contribution in [2.75, 3.05) is 7.05 Å². The molecule has 0 radical (unpaired) electrons. The maximum absolute atomic E-state index is 14.3. The van der Waals surface area contributed by atoms with Gasteiger partial charge in [-0.15, -0.1) is 0 Å². The predicted octanol–water partition coefficient (Wildman–Crippen LogP) is 7.49. The van der Waals surface area contributed by atoms with Gasteiger partial charge >= 0.3 is 6.18 Å². The Bertz CT molecular complexity index is 1690. The first-order valence-electron chi connectivity index (χ1n) is 13.7. The van der Waals surface area contributed by atoms with Gasteiger partial charge in [-0.25, -0.2) is 13.8 Å². The van der Waals surface area contributed by atoms with Gasteiger partial charge in [0.05, 0.1) is 24.5 Å². The summed E-state index contributed by atoms with van der Waals surface area (Å²) in [5.41, 5.74) is -1.02. The zero-order valence-corrected chi connectivity index (χ0v) is 25.0. The lowest BCUT2D eigenvalue weighted by molar-refractivity contribution is -0.141. The molecule has 0 unspecified atom stereocenters. The van der Waals surface area contributed by atoms with Crippen LogP contribution in [0.3, 0.4) is 0 Å². The molecule has 3 aromatic rings. The molecular formula is C32H30ClF5N4O2. The summed E-state index contributed by atoms with van der Waals surface area (Å²) in [6.07, 6.45) is 3.10. The van der Waals surface area contributed by atoms with Crippen LogP contribution in [-0.2, 0) is 17.5 Å². The van der Waals surface area contributed by atoms with Crippen LogP contribution in [0.2, 0.25) is 5.02 Å². The Morgan fingerprint density at radius 3 is 2.48 bits per heavy atom. The lowest BCUT2D eigenvalue weighted by Gasteiger charge is -2.25. The first-order chi connectivity index (χ1) is 20.8. The highest BCUT2D eigenvalue weighted by Gasteiger charge is 2.35. The number of amides is 1. The van der Waals surface area contributed by atoms with E-state index in [-0.39, 0.29) is 17.7 Å². The average molecular weight is 633 g/mol. The van der Waals surface area contributed by atoms with Crippen molar-refractivity contribution < 1.29 is 26.7 Å². The number of allylic oxidation sites excluding steroid dienone is 3. The molecule has 1 saturated carbocycles. The largest absolute Gasteiger partial charge is 0.433 e. The molecule has 0 spiro atoms. The summed E-state index contributed by atoms with van der Waals surface area (Å²) < 4.78 is 67.8. The van der Waals surface area contributed by atoms with Crippen molar-refractivity contribution in [1.29, 1.82) is 5.26 Å². The summed E-state index contributed by atoms with van der Waals surface area (Å²) in [5.74, 6) is -1.66. The Balaban J connectivity index is 0.000000335. The lowest BCUT2D eigenvalue weighted by Crippen LogP contribution is -2.28. The molecule has 232 valence electrons. The van der Waals surface area contributed by atoms with Crippen LogP contribution in [0.1, 0.15) is 66.5 Å². The molecule has 0 aliphatic heterocycles. The quantitative estimate of drug-likeness (QED) is 0.166. The minimum Gasteiger partial charge on any atom is -0.355 e. The van der Waals surface area contributed by atoms with E-state index in [2.05, 4.69) is 16.4 Å². The minimum atomic E-state index is -4.77. The topological polar surface area (TPSA) is 87.8 Å². The van der Waals surface area contributed by atoms with Gasteiger partial charge in [0.1, 0.15) is 11.6 Å². The van der Waals surface area contributed by atoms with Crippen molar-refractivity contribution in [3.63, 3.8) is 0 Å². The molecule has 1 fully saturated rings. The van der Waals surface area contributed by atoms with Gasteiger partial charge in [0.2, 0.25) is 0 Å². The highest BCUT2D eigenvalue weighted by atomic mass is 35.5. The maximum atomic E-state index is 14.3. The second kappa shape index (κ2) is 14.9. The summed E-state index contributed by atoms with van der Waals surface area (Å²) in [7, 11) is 1.31. The normalized spacial score (nSPS) is 13.8. The first-order valence-corrected chi connectivity index (χ1v) is 14.1. The third-order valence-electron chi connectivity index (χ3n) is 7.00. The average Bonchev–Trinajstić information content (AvgIpc) is 2.93. The van der Waals surface area contributed by atoms with Gasteiger partial charge in [0.25, 0.3) is 11.5 Å². The van der Waals surface area contributed by atoms with Crippen molar-refractivity contribution in [3.05, 3.63) is 115 Å². The molecule has 0 atom stereocenters. The molecule has 1 aliphatic rings. The SMILES string of the molecule is CC/C=C(/C=C(\C(=O)NC)c1cc(F)ccc1F)Cn1cnc(C(F)(F)F)c(C)c1=O.N#Cc1cc(Cl)cc(C2CCC2)c1. The van der Waals surface area contributed by atoms with Crippen LogP contribution in [0.15, 0.2) is 65.2 Å². The van der Waals surface area contributed by atoms with Crippen LogP contribution in [0.5, 0.6) is 0 Å². The maximum Gasteiger partial charge on any atom is 0.433 e. The number of alkyl halides is 3. The highest BCUT2D eigenvalue weighted by molar-refractivity contribution is 6.30. The van der Waals surface area contributed by atoms with Gasteiger partial charge < -0.3 is 5.32 Å². The van der Waals surface area contributed by atoms with Crippen LogP contribution in [0.25, 0.3) is 5.57 Å². The molecule has 4 rings (SSSR count). The molecule has 1 amide bonds. The van der Waals surface area contributed by atoms with Gasteiger partial charge in [-0.2, -0.15) is 18.4 Å². The summed E-state index contributed by atoms with van der Waals surface area (Å²) in [6, 6.07) is 10.4. The van der Waals surface area contributed by atoms with Crippen molar-refractivity contribution in [2.24, 2.45) is 0 Å². The Labute approximate surface area is 256 Å². The Hall–Kier alpha value is -4.30.